The Kier molecular flexibility index (Phi) is 9.87. The van der Waals surface area contributed by atoms with Crippen LogP contribution in [0.1, 0.15) is 51.8 Å². The molecule has 0 aliphatic rings. The van der Waals surface area contributed by atoms with Gasteiger partial charge in [0, 0.05) is 46.1 Å². The van der Waals surface area contributed by atoms with Gasteiger partial charge in [-0.3, -0.25) is 9.67 Å². The second-order valence-electron chi connectivity index (χ2n) is 6.86. The van der Waals surface area contributed by atoms with E-state index in [0.29, 0.717) is 12.5 Å². The van der Waals surface area contributed by atoms with E-state index in [4.69, 9.17) is 9.73 Å². The molecule has 0 spiro atoms. The van der Waals surface area contributed by atoms with Gasteiger partial charge in [0.25, 0.3) is 0 Å². The zero-order chi connectivity index (χ0) is 17.6. The van der Waals surface area contributed by atoms with Gasteiger partial charge in [0.05, 0.1) is 17.8 Å². The Morgan fingerprint density at radius 3 is 2.58 bits per heavy atom. The van der Waals surface area contributed by atoms with Crippen molar-refractivity contribution in [2.75, 3.05) is 27.2 Å². The zero-order valence-corrected chi connectivity index (χ0v) is 18.7. The predicted molar refractivity (Wildman–Crippen MR) is 111 cm³/mol. The molecule has 140 valence electrons. The summed E-state index contributed by atoms with van der Waals surface area (Å²) in [5.41, 5.74) is 2.12. The number of aryl methyl sites for hydroxylation is 1. The van der Waals surface area contributed by atoms with Gasteiger partial charge in [-0.25, -0.2) is 0 Å². The molecule has 6 nitrogen and oxygen atoms in total. The summed E-state index contributed by atoms with van der Waals surface area (Å²) in [7, 11) is 5.74. The Bertz CT molecular complexity index is 525. The van der Waals surface area contributed by atoms with Crippen molar-refractivity contribution in [3.05, 3.63) is 17.5 Å². The number of aliphatic imine (C=N–C) groups is 1. The van der Waals surface area contributed by atoms with Gasteiger partial charge in [-0.15, -0.1) is 24.0 Å². The lowest BCUT2D eigenvalue weighted by Crippen LogP contribution is -2.40. The van der Waals surface area contributed by atoms with Crippen molar-refractivity contribution in [2.45, 2.75) is 52.7 Å². The molecule has 0 radical (unpaired) electrons. The molecule has 0 saturated carbocycles. The highest BCUT2D eigenvalue weighted by Crippen LogP contribution is 2.18. The first kappa shape index (κ1) is 23.2. The molecule has 0 aliphatic carbocycles. The maximum atomic E-state index is 5.45. The van der Waals surface area contributed by atoms with Crippen LogP contribution in [0.3, 0.4) is 0 Å². The number of halogens is 1. The van der Waals surface area contributed by atoms with Crippen LogP contribution in [0, 0.1) is 0 Å². The number of rotatable bonds is 7. The highest BCUT2D eigenvalue weighted by Gasteiger charge is 2.18. The molecular weight excluding hydrogens is 417 g/mol. The number of hydrogen-bond acceptors (Lipinski definition) is 3. The number of nitrogens with one attached hydrogen (secondary N) is 1. The van der Waals surface area contributed by atoms with Crippen LogP contribution >= 0.6 is 24.0 Å². The van der Waals surface area contributed by atoms with E-state index in [2.05, 4.69) is 49.3 Å². The first-order chi connectivity index (χ1) is 10.7. The molecule has 0 atom stereocenters. The smallest absolute Gasteiger partial charge is 0.194 e. The van der Waals surface area contributed by atoms with E-state index in [9.17, 15) is 0 Å². The minimum absolute atomic E-state index is 0. The normalized spacial score (nSPS) is 12.3. The molecule has 1 aromatic rings. The summed E-state index contributed by atoms with van der Waals surface area (Å²) in [6.45, 7) is 12.7. The Labute approximate surface area is 164 Å². The summed E-state index contributed by atoms with van der Waals surface area (Å²) in [6.07, 6.45) is 2.09. The van der Waals surface area contributed by atoms with Crippen LogP contribution in [0.2, 0.25) is 0 Å². The van der Waals surface area contributed by atoms with E-state index >= 15 is 0 Å². The average Bonchev–Trinajstić information content (AvgIpc) is 2.84. The Morgan fingerprint density at radius 2 is 2.08 bits per heavy atom. The van der Waals surface area contributed by atoms with Gasteiger partial charge in [-0.1, -0.05) is 13.8 Å². The van der Waals surface area contributed by atoms with Crippen molar-refractivity contribution < 1.29 is 4.74 Å². The van der Waals surface area contributed by atoms with Crippen LogP contribution in [-0.4, -0.2) is 53.5 Å². The molecule has 1 aromatic heterocycles. The molecule has 7 heteroatoms. The molecule has 1 heterocycles. The van der Waals surface area contributed by atoms with Gasteiger partial charge in [0.15, 0.2) is 5.96 Å². The quantitative estimate of drug-likeness (QED) is 0.394. The third-order valence-corrected chi connectivity index (χ3v) is 3.75. The number of hydrogen-bond donors (Lipinski definition) is 1. The molecule has 0 amide bonds. The number of aromatic nitrogens is 2. The Hall–Kier alpha value is -0.830. The second-order valence-corrected chi connectivity index (χ2v) is 6.86. The van der Waals surface area contributed by atoms with E-state index in [-0.39, 0.29) is 29.6 Å². The van der Waals surface area contributed by atoms with Gasteiger partial charge >= 0.3 is 0 Å². The highest BCUT2D eigenvalue weighted by molar-refractivity contribution is 14.0. The van der Waals surface area contributed by atoms with Gasteiger partial charge in [-0.2, -0.15) is 5.10 Å². The van der Waals surface area contributed by atoms with E-state index < -0.39 is 0 Å². The Morgan fingerprint density at radius 1 is 1.46 bits per heavy atom. The first-order valence-electron chi connectivity index (χ1n) is 8.27. The van der Waals surface area contributed by atoms with Gasteiger partial charge in [0.2, 0.25) is 0 Å². The van der Waals surface area contributed by atoms with Crippen molar-refractivity contribution in [3.8, 4) is 0 Å². The van der Waals surface area contributed by atoms with E-state index in [1.54, 1.807) is 7.11 Å². The fourth-order valence-electron chi connectivity index (χ4n) is 2.29. The summed E-state index contributed by atoms with van der Waals surface area (Å²) < 4.78 is 7.34. The van der Waals surface area contributed by atoms with Gasteiger partial charge < -0.3 is 15.0 Å². The van der Waals surface area contributed by atoms with Crippen LogP contribution in [0.5, 0.6) is 0 Å². The fourth-order valence-corrected chi connectivity index (χ4v) is 2.29. The lowest BCUT2D eigenvalue weighted by atomic mass is 10.1. The molecule has 0 saturated heterocycles. The molecule has 0 unspecified atom stereocenters. The molecule has 1 rings (SSSR count). The van der Waals surface area contributed by atoms with Crippen LogP contribution in [0.15, 0.2) is 11.2 Å². The minimum Gasteiger partial charge on any atom is -0.377 e. The number of methoxy groups -OCH3 is 1. The average molecular weight is 451 g/mol. The van der Waals surface area contributed by atoms with Crippen molar-refractivity contribution in [1.29, 1.82) is 0 Å². The van der Waals surface area contributed by atoms with Gasteiger partial charge in [0.1, 0.15) is 0 Å². The predicted octanol–water partition coefficient (Wildman–Crippen LogP) is 2.98. The third kappa shape index (κ3) is 6.96. The lowest BCUT2D eigenvalue weighted by Gasteiger charge is -2.25. The summed E-state index contributed by atoms with van der Waals surface area (Å²) in [5.74, 6) is 1.29. The topological polar surface area (TPSA) is 54.7 Å². The minimum atomic E-state index is -0.265. The van der Waals surface area contributed by atoms with E-state index in [0.717, 1.165) is 24.7 Å². The first-order valence-corrected chi connectivity index (χ1v) is 8.27. The van der Waals surface area contributed by atoms with Crippen LogP contribution in [-0.2, 0) is 18.3 Å². The summed E-state index contributed by atoms with van der Waals surface area (Å²) in [6, 6.07) is 0. The molecule has 1 N–H and O–H groups in total. The molecule has 0 fully saturated rings. The fraction of sp³-hybridized carbons (Fsp3) is 0.765. The van der Waals surface area contributed by atoms with Crippen LogP contribution in [0.4, 0.5) is 0 Å². The molecular formula is C17H34IN5O. The number of guanidine groups is 1. The van der Waals surface area contributed by atoms with Crippen molar-refractivity contribution >= 4 is 29.9 Å². The second kappa shape index (κ2) is 10.2. The number of nitrogens with zero attached hydrogens (tertiary/aromatic N) is 4. The highest BCUT2D eigenvalue weighted by atomic mass is 127. The third-order valence-electron chi connectivity index (χ3n) is 3.75. The molecule has 0 bridgehead atoms. The molecule has 0 aliphatic heterocycles. The lowest BCUT2D eigenvalue weighted by molar-refractivity contribution is 0.0309. The van der Waals surface area contributed by atoms with E-state index in [1.165, 1.54) is 5.56 Å². The maximum absolute atomic E-state index is 5.45. The molecule has 0 aromatic carbocycles. The van der Waals surface area contributed by atoms with Crippen molar-refractivity contribution in [2.24, 2.45) is 12.0 Å². The molecule has 24 heavy (non-hydrogen) atoms. The summed E-state index contributed by atoms with van der Waals surface area (Å²) in [4.78, 5) is 6.85. The zero-order valence-electron chi connectivity index (χ0n) is 16.4. The Balaban J connectivity index is 0.00000529. The van der Waals surface area contributed by atoms with Gasteiger partial charge in [-0.05, 0) is 26.7 Å². The maximum Gasteiger partial charge on any atom is 0.194 e. The SMILES string of the molecule is CCNC(=NCC(C)(C)OC)N(C)Cc1cn(C)nc1C(C)C.I. The number of ether oxygens (including phenoxy) is 1. The van der Waals surface area contributed by atoms with E-state index in [1.807, 2.05) is 25.6 Å². The standard InChI is InChI=1S/C17H33N5O.HI/c1-9-18-16(19-12-17(4,5)23-8)21(6)10-14-11-22(7)20-15(14)13(2)3;/h11,13H,9-10,12H2,1-8H3,(H,18,19);1H. The van der Waals surface area contributed by atoms with Crippen molar-refractivity contribution in [1.82, 2.24) is 20.0 Å². The monoisotopic (exact) mass is 451 g/mol. The van der Waals surface area contributed by atoms with Crippen molar-refractivity contribution in [3.63, 3.8) is 0 Å². The summed E-state index contributed by atoms with van der Waals surface area (Å²) in [5, 5.41) is 7.92. The summed E-state index contributed by atoms with van der Waals surface area (Å²) >= 11 is 0. The largest absolute Gasteiger partial charge is 0.377 e. The van der Waals surface area contributed by atoms with Crippen LogP contribution in [0.25, 0.3) is 0 Å². The van der Waals surface area contributed by atoms with Crippen LogP contribution < -0.4 is 5.32 Å².